The van der Waals surface area contributed by atoms with Crippen LogP contribution < -0.4 is 0 Å². The average Bonchev–Trinajstić information content (AvgIpc) is 2.78. The highest BCUT2D eigenvalue weighted by Crippen LogP contribution is 2.37. The first-order valence-corrected chi connectivity index (χ1v) is 9.43. The smallest absolute Gasteiger partial charge is 0.0971 e. The Kier molecular flexibility index (Phi) is 3.20. The van der Waals surface area contributed by atoms with E-state index in [1.54, 1.807) is 12.4 Å². The Labute approximate surface area is 162 Å². The molecule has 5 aromatic carbocycles. The first-order valence-electron chi connectivity index (χ1n) is 9.43. The fourth-order valence-corrected chi connectivity index (χ4v) is 4.18. The number of benzene rings is 5. The molecule has 0 fully saturated rings. The van der Waals surface area contributed by atoms with Crippen molar-refractivity contribution in [3.8, 4) is 11.1 Å². The molecule has 0 bridgehead atoms. The summed E-state index contributed by atoms with van der Waals surface area (Å²) in [6.45, 7) is 0. The van der Waals surface area contributed by atoms with Gasteiger partial charge >= 0.3 is 0 Å². The summed E-state index contributed by atoms with van der Waals surface area (Å²) in [7, 11) is 0. The molecule has 130 valence electrons. The molecule has 0 saturated carbocycles. The van der Waals surface area contributed by atoms with Gasteiger partial charge in [0.05, 0.1) is 11.0 Å². The van der Waals surface area contributed by atoms with Gasteiger partial charge in [-0.05, 0) is 50.9 Å². The van der Waals surface area contributed by atoms with E-state index in [-0.39, 0.29) is 0 Å². The van der Waals surface area contributed by atoms with Crippen molar-refractivity contribution in [2.45, 2.75) is 0 Å². The van der Waals surface area contributed by atoms with Crippen molar-refractivity contribution in [2.24, 2.45) is 0 Å². The average molecular weight is 356 g/mol. The van der Waals surface area contributed by atoms with Crippen LogP contribution in [0.15, 0.2) is 97.3 Å². The summed E-state index contributed by atoms with van der Waals surface area (Å²) in [5, 5.41) is 7.21. The number of hydrogen-bond acceptors (Lipinski definition) is 2. The number of aromatic nitrogens is 2. The van der Waals surface area contributed by atoms with E-state index in [9.17, 15) is 0 Å². The van der Waals surface area contributed by atoms with Gasteiger partial charge in [0.2, 0.25) is 0 Å². The Morgan fingerprint density at radius 2 is 1.04 bits per heavy atom. The number of rotatable bonds is 1. The van der Waals surface area contributed by atoms with Crippen LogP contribution in [0.1, 0.15) is 0 Å². The number of nitrogens with zero attached hydrogens (tertiary/aromatic N) is 2. The summed E-state index contributed by atoms with van der Waals surface area (Å²) >= 11 is 0. The summed E-state index contributed by atoms with van der Waals surface area (Å²) in [6.07, 6.45) is 3.56. The maximum atomic E-state index is 4.71. The first kappa shape index (κ1) is 15.3. The van der Waals surface area contributed by atoms with Crippen molar-refractivity contribution in [3.05, 3.63) is 97.3 Å². The van der Waals surface area contributed by atoms with Gasteiger partial charge in [0.1, 0.15) is 0 Å². The Bertz CT molecular complexity index is 1500. The van der Waals surface area contributed by atoms with Gasteiger partial charge in [-0.25, -0.2) is 0 Å². The van der Waals surface area contributed by atoms with Crippen molar-refractivity contribution in [1.29, 1.82) is 0 Å². The third kappa shape index (κ3) is 2.21. The first-order chi connectivity index (χ1) is 13.9. The molecule has 0 unspecified atom stereocenters. The molecule has 0 radical (unpaired) electrons. The van der Waals surface area contributed by atoms with Crippen LogP contribution in [0.2, 0.25) is 0 Å². The summed E-state index contributed by atoms with van der Waals surface area (Å²) in [5.41, 5.74) is 4.32. The monoisotopic (exact) mass is 356 g/mol. The summed E-state index contributed by atoms with van der Waals surface area (Å²) in [6, 6.07) is 30.2. The second-order valence-corrected chi connectivity index (χ2v) is 7.12. The second kappa shape index (κ2) is 5.86. The van der Waals surface area contributed by atoms with Crippen LogP contribution in [0.25, 0.3) is 54.5 Å². The lowest BCUT2D eigenvalue weighted by atomic mass is 9.94. The fraction of sp³-hybridized carbons (Fsp3) is 0. The predicted molar refractivity (Wildman–Crippen MR) is 117 cm³/mol. The Morgan fingerprint density at radius 1 is 0.429 bits per heavy atom. The van der Waals surface area contributed by atoms with Gasteiger partial charge in [-0.15, -0.1) is 0 Å². The SMILES string of the molecule is c1ccc(-c2ccc3c4cc5ccccc5cc4c4nccnc4c3c2)cc1. The molecule has 0 saturated heterocycles. The maximum Gasteiger partial charge on any atom is 0.0971 e. The minimum Gasteiger partial charge on any atom is -0.252 e. The fourth-order valence-electron chi connectivity index (χ4n) is 4.18. The molecule has 0 amide bonds. The summed E-state index contributed by atoms with van der Waals surface area (Å²) in [4.78, 5) is 9.42. The van der Waals surface area contributed by atoms with Crippen LogP contribution in [0.3, 0.4) is 0 Å². The van der Waals surface area contributed by atoms with E-state index in [1.807, 2.05) is 6.07 Å². The minimum atomic E-state index is 0.957. The molecule has 0 aliphatic rings. The second-order valence-electron chi connectivity index (χ2n) is 7.12. The van der Waals surface area contributed by atoms with E-state index in [2.05, 4.69) is 78.9 Å². The highest BCUT2D eigenvalue weighted by atomic mass is 14.8. The number of fused-ring (bicyclic) bond motifs is 7. The van der Waals surface area contributed by atoms with Gasteiger partial charge < -0.3 is 0 Å². The van der Waals surface area contributed by atoms with E-state index in [0.717, 1.165) is 21.8 Å². The molecular formula is C26H16N2. The molecule has 0 atom stereocenters. The zero-order chi connectivity index (χ0) is 18.5. The van der Waals surface area contributed by atoms with Gasteiger partial charge in [-0.1, -0.05) is 66.7 Å². The lowest BCUT2D eigenvalue weighted by Gasteiger charge is -2.12. The molecule has 0 aliphatic carbocycles. The molecule has 2 heteroatoms. The molecule has 1 heterocycles. The van der Waals surface area contributed by atoms with Gasteiger partial charge in [0, 0.05) is 23.2 Å². The van der Waals surface area contributed by atoms with Crippen molar-refractivity contribution in [1.82, 2.24) is 9.97 Å². The van der Waals surface area contributed by atoms with Gasteiger partial charge in [0.25, 0.3) is 0 Å². The van der Waals surface area contributed by atoms with Crippen molar-refractivity contribution in [2.75, 3.05) is 0 Å². The Balaban J connectivity index is 1.81. The molecule has 2 nitrogen and oxygen atoms in total. The van der Waals surface area contributed by atoms with E-state index in [1.165, 1.54) is 32.7 Å². The zero-order valence-corrected chi connectivity index (χ0v) is 15.1. The maximum absolute atomic E-state index is 4.71. The van der Waals surface area contributed by atoms with Crippen LogP contribution in [0.4, 0.5) is 0 Å². The van der Waals surface area contributed by atoms with E-state index in [0.29, 0.717) is 0 Å². The molecule has 6 aromatic rings. The Morgan fingerprint density at radius 3 is 1.75 bits per heavy atom. The normalized spacial score (nSPS) is 11.6. The van der Waals surface area contributed by atoms with Crippen LogP contribution in [0.5, 0.6) is 0 Å². The Hall–Kier alpha value is -3.78. The largest absolute Gasteiger partial charge is 0.252 e. The third-order valence-electron chi connectivity index (χ3n) is 5.51. The topological polar surface area (TPSA) is 25.8 Å². The van der Waals surface area contributed by atoms with E-state index in [4.69, 9.17) is 9.97 Å². The molecule has 0 spiro atoms. The zero-order valence-electron chi connectivity index (χ0n) is 15.1. The highest BCUT2D eigenvalue weighted by Gasteiger charge is 2.12. The molecule has 28 heavy (non-hydrogen) atoms. The molecule has 1 aromatic heterocycles. The quantitative estimate of drug-likeness (QED) is 0.240. The molecular weight excluding hydrogens is 340 g/mol. The van der Waals surface area contributed by atoms with E-state index < -0.39 is 0 Å². The van der Waals surface area contributed by atoms with Gasteiger partial charge in [-0.3, -0.25) is 9.97 Å². The minimum absolute atomic E-state index is 0.957. The summed E-state index contributed by atoms with van der Waals surface area (Å²) in [5.74, 6) is 0. The van der Waals surface area contributed by atoms with Gasteiger partial charge in [-0.2, -0.15) is 0 Å². The van der Waals surface area contributed by atoms with Crippen molar-refractivity contribution in [3.63, 3.8) is 0 Å². The summed E-state index contributed by atoms with van der Waals surface area (Å²) < 4.78 is 0. The molecule has 6 rings (SSSR count). The van der Waals surface area contributed by atoms with Crippen LogP contribution in [-0.2, 0) is 0 Å². The van der Waals surface area contributed by atoms with Crippen LogP contribution in [-0.4, -0.2) is 9.97 Å². The predicted octanol–water partition coefficient (Wildman–Crippen LogP) is 6.76. The standard InChI is InChI=1S/C26H16N2/c1-2-6-17(7-3-1)20-10-11-21-22-14-18-8-4-5-9-19(18)15-24(22)26-25(23(21)16-20)27-12-13-28-26/h1-16H. The lowest BCUT2D eigenvalue weighted by molar-refractivity contribution is 1.31. The van der Waals surface area contributed by atoms with E-state index >= 15 is 0 Å². The van der Waals surface area contributed by atoms with Crippen molar-refractivity contribution >= 4 is 43.4 Å². The van der Waals surface area contributed by atoms with Crippen LogP contribution in [0, 0.1) is 0 Å². The number of hydrogen-bond donors (Lipinski definition) is 0. The van der Waals surface area contributed by atoms with Crippen LogP contribution >= 0.6 is 0 Å². The lowest BCUT2D eigenvalue weighted by Crippen LogP contribution is -1.89. The third-order valence-corrected chi connectivity index (χ3v) is 5.51. The highest BCUT2D eigenvalue weighted by molar-refractivity contribution is 6.25. The van der Waals surface area contributed by atoms with Gasteiger partial charge in [0.15, 0.2) is 0 Å². The molecule has 0 aliphatic heterocycles. The van der Waals surface area contributed by atoms with Crippen molar-refractivity contribution < 1.29 is 0 Å². The molecule has 0 N–H and O–H groups in total.